The van der Waals surface area contributed by atoms with Crippen LogP contribution >= 0.6 is 23.2 Å². The Morgan fingerprint density at radius 3 is 2.43 bits per heavy atom. The summed E-state index contributed by atoms with van der Waals surface area (Å²) in [6.45, 7) is 3.69. The molecule has 0 saturated heterocycles. The number of carbonyl (C=O) groups excluding carboxylic acids is 3. The van der Waals surface area contributed by atoms with Crippen LogP contribution in [0.4, 0.5) is 5.69 Å². The van der Waals surface area contributed by atoms with E-state index < -0.39 is 11.8 Å². The van der Waals surface area contributed by atoms with E-state index >= 15 is 0 Å². The van der Waals surface area contributed by atoms with Gasteiger partial charge < -0.3 is 14.4 Å². The van der Waals surface area contributed by atoms with E-state index in [1.807, 2.05) is 19.1 Å². The minimum Gasteiger partial charge on any atom is -0.490 e. The van der Waals surface area contributed by atoms with Crippen LogP contribution in [0.3, 0.4) is 0 Å². The molecule has 3 aromatic carbocycles. The van der Waals surface area contributed by atoms with Crippen LogP contribution in [0, 0.1) is 0 Å². The van der Waals surface area contributed by atoms with Crippen molar-refractivity contribution in [3.05, 3.63) is 86.4 Å². The van der Waals surface area contributed by atoms with Crippen LogP contribution in [-0.4, -0.2) is 42.4 Å². The van der Waals surface area contributed by atoms with Gasteiger partial charge in [0.05, 0.1) is 41.1 Å². The number of carbonyl (C=O) groups is 3. The molecule has 9 heteroatoms. The molecular formula is C28H22Cl2N2O5. The summed E-state index contributed by atoms with van der Waals surface area (Å²) in [5.74, 6) is 0.169. The van der Waals surface area contributed by atoms with Crippen molar-refractivity contribution < 1.29 is 23.9 Å². The third-order valence-corrected chi connectivity index (χ3v) is 7.65. The van der Waals surface area contributed by atoms with Crippen LogP contribution in [0.1, 0.15) is 61.6 Å². The fourth-order valence-electron chi connectivity index (χ4n) is 5.17. The molecule has 7 nitrogen and oxygen atoms in total. The van der Waals surface area contributed by atoms with Crippen LogP contribution in [0.2, 0.25) is 10.0 Å². The normalized spacial score (nSPS) is 18.4. The predicted octanol–water partition coefficient (Wildman–Crippen LogP) is 5.71. The number of benzene rings is 3. The standard InChI is InChI=1S/C28H22Cl2N2O5/c1-15-20-14-25-24(36-9-2-10-37-25)12-16(20)7-8-31(15)26(33)17-3-5-19-21(11-17)28(35)32(27(19)34)23-13-18(29)4-6-22(23)30/h3-6,11-15H,2,7-10H2,1H3/t15-/m0/s1. The van der Waals surface area contributed by atoms with Crippen LogP contribution in [0.5, 0.6) is 11.5 Å². The van der Waals surface area contributed by atoms with Crippen LogP contribution in [0.25, 0.3) is 0 Å². The highest BCUT2D eigenvalue weighted by Crippen LogP contribution is 2.40. The second kappa shape index (κ2) is 9.08. The highest BCUT2D eigenvalue weighted by molar-refractivity contribution is 6.41. The van der Waals surface area contributed by atoms with E-state index in [2.05, 4.69) is 0 Å². The lowest BCUT2D eigenvalue weighted by atomic mass is 9.92. The first-order valence-electron chi connectivity index (χ1n) is 12.0. The Morgan fingerprint density at radius 1 is 0.919 bits per heavy atom. The van der Waals surface area contributed by atoms with Crippen molar-refractivity contribution in [1.29, 1.82) is 0 Å². The van der Waals surface area contributed by atoms with Crippen LogP contribution < -0.4 is 14.4 Å². The van der Waals surface area contributed by atoms with Gasteiger partial charge in [0.15, 0.2) is 11.5 Å². The molecule has 3 aromatic rings. The first-order valence-corrected chi connectivity index (χ1v) is 12.8. The number of amides is 3. The minimum atomic E-state index is -0.546. The topological polar surface area (TPSA) is 76.2 Å². The molecule has 0 unspecified atom stereocenters. The van der Waals surface area contributed by atoms with E-state index in [1.54, 1.807) is 17.0 Å². The summed E-state index contributed by atoms with van der Waals surface area (Å²) in [6.07, 6.45) is 1.49. The van der Waals surface area contributed by atoms with Gasteiger partial charge in [0.25, 0.3) is 17.7 Å². The molecule has 0 spiro atoms. The summed E-state index contributed by atoms with van der Waals surface area (Å²) >= 11 is 12.3. The summed E-state index contributed by atoms with van der Waals surface area (Å²) in [7, 11) is 0. The third-order valence-electron chi connectivity index (χ3n) is 7.09. The summed E-state index contributed by atoms with van der Waals surface area (Å²) in [4.78, 5) is 42.7. The van der Waals surface area contributed by atoms with Gasteiger partial charge in [-0.2, -0.15) is 0 Å². The average molecular weight is 537 g/mol. The zero-order valence-corrected chi connectivity index (χ0v) is 21.4. The smallest absolute Gasteiger partial charge is 0.266 e. The number of fused-ring (bicyclic) bond motifs is 3. The van der Waals surface area contributed by atoms with Gasteiger partial charge in [0.2, 0.25) is 0 Å². The van der Waals surface area contributed by atoms with Gasteiger partial charge in [0, 0.05) is 23.6 Å². The molecule has 3 aliphatic heterocycles. The third kappa shape index (κ3) is 3.93. The van der Waals surface area contributed by atoms with Gasteiger partial charge in [-0.3, -0.25) is 14.4 Å². The number of rotatable bonds is 2. The van der Waals surface area contributed by atoms with Crippen molar-refractivity contribution in [3.63, 3.8) is 0 Å². The molecule has 1 atom stereocenters. The molecule has 188 valence electrons. The molecule has 0 aliphatic carbocycles. The largest absolute Gasteiger partial charge is 0.490 e. The molecule has 0 bridgehead atoms. The lowest BCUT2D eigenvalue weighted by Gasteiger charge is -2.36. The monoisotopic (exact) mass is 536 g/mol. The fourth-order valence-corrected chi connectivity index (χ4v) is 5.54. The van der Waals surface area contributed by atoms with Gasteiger partial charge in [-0.15, -0.1) is 0 Å². The van der Waals surface area contributed by atoms with Crippen molar-refractivity contribution >= 4 is 46.6 Å². The highest BCUT2D eigenvalue weighted by atomic mass is 35.5. The molecule has 37 heavy (non-hydrogen) atoms. The van der Waals surface area contributed by atoms with Crippen molar-refractivity contribution in [2.75, 3.05) is 24.7 Å². The zero-order valence-electron chi connectivity index (χ0n) is 19.9. The van der Waals surface area contributed by atoms with Crippen LogP contribution in [-0.2, 0) is 6.42 Å². The molecule has 0 saturated carbocycles. The van der Waals surface area contributed by atoms with Crippen molar-refractivity contribution in [1.82, 2.24) is 4.90 Å². The number of hydrogen-bond donors (Lipinski definition) is 0. The SMILES string of the molecule is C[C@H]1c2cc3c(cc2CCN1C(=O)c1ccc2c(c1)C(=O)N(c1cc(Cl)ccc1Cl)C2=O)OCCCO3. The second-order valence-electron chi connectivity index (χ2n) is 9.27. The Morgan fingerprint density at radius 2 is 1.65 bits per heavy atom. The number of imide groups is 1. The number of ether oxygens (including phenoxy) is 2. The summed E-state index contributed by atoms with van der Waals surface area (Å²) < 4.78 is 11.7. The summed E-state index contributed by atoms with van der Waals surface area (Å²) in [6, 6.07) is 13.0. The van der Waals surface area contributed by atoms with E-state index in [1.165, 1.54) is 24.3 Å². The lowest BCUT2D eigenvalue weighted by molar-refractivity contribution is 0.0677. The maximum Gasteiger partial charge on any atom is 0.266 e. The molecule has 0 radical (unpaired) electrons. The first kappa shape index (κ1) is 23.8. The van der Waals surface area contributed by atoms with Crippen molar-refractivity contribution in [3.8, 4) is 11.5 Å². The summed E-state index contributed by atoms with van der Waals surface area (Å²) in [5.41, 5.74) is 3.06. The van der Waals surface area contributed by atoms with E-state index in [4.69, 9.17) is 32.7 Å². The maximum absolute atomic E-state index is 13.6. The fraction of sp³-hybridized carbons (Fsp3) is 0.250. The Kier molecular flexibility index (Phi) is 5.85. The molecule has 3 amide bonds. The Balaban J connectivity index is 1.30. The van der Waals surface area contributed by atoms with Gasteiger partial charge in [-0.05, 0) is 73.0 Å². The summed E-state index contributed by atoms with van der Waals surface area (Å²) in [5, 5.41) is 0.573. The first-order chi connectivity index (χ1) is 17.8. The quantitative estimate of drug-likeness (QED) is 0.392. The van der Waals surface area contributed by atoms with Gasteiger partial charge in [0.1, 0.15) is 0 Å². The van der Waals surface area contributed by atoms with E-state index in [0.29, 0.717) is 42.5 Å². The molecule has 3 aliphatic rings. The van der Waals surface area contributed by atoms with Gasteiger partial charge in [-0.25, -0.2) is 4.90 Å². The Bertz CT molecular complexity index is 1490. The number of halogens is 2. The molecule has 0 N–H and O–H groups in total. The zero-order chi connectivity index (χ0) is 25.8. The van der Waals surface area contributed by atoms with Crippen molar-refractivity contribution in [2.45, 2.75) is 25.8 Å². The van der Waals surface area contributed by atoms with E-state index in [9.17, 15) is 14.4 Å². The highest BCUT2D eigenvalue weighted by Gasteiger charge is 2.39. The molecule has 0 aromatic heterocycles. The lowest BCUT2D eigenvalue weighted by Crippen LogP contribution is -2.39. The van der Waals surface area contributed by atoms with Crippen LogP contribution in [0.15, 0.2) is 48.5 Å². The van der Waals surface area contributed by atoms with Gasteiger partial charge in [-0.1, -0.05) is 23.2 Å². The van der Waals surface area contributed by atoms with E-state index in [0.717, 1.165) is 28.2 Å². The molecule has 0 fully saturated rings. The molecule has 6 rings (SSSR count). The Labute approximate surface area is 223 Å². The minimum absolute atomic E-state index is 0.160. The Hall–Kier alpha value is -3.55. The average Bonchev–Trinajstić information content (AvgIpc) is 3.02. The number of hydrogen-bond acceptors (Lipinski definition) is 5. The van der Waals surface area contributed by atoms with E-state index in [-0.39, 0.29) is 33.8 Å². The molecular weight excluding hydrogens is 515 g/mol. The predicted molar refractivity (Wildman–Crippen MR) is 139 cm³/mol. The second-order valence-corrected chi connectivity index (χ2v) is 10.1. The molecule has 3 heterocycles. The van der Waals surface area contributed by atoms with Crippen molar-refractivity contribution in [2.24, 2.45) is 0 Å². The van der Waals surface area contributed by atoms with Gasteiger partial charge >= 0.3 is 0 Å². The maximum atomic E-state index is 13.6. The number of nitrogens with zero attached hydrogens (tertiary/aromatic N) is 2. The number of anilines is 1.